The van der Waals surface area contributed by atoms with Gasteiger partial charge in [-0.05, 0) is 55.7 Å². The molecule has 3 fully saturated rings. The number of hydrogen-bond donors (Lipinski definition) is 0. The van der Waals surface area contributed by atoms with E-state index in [1.165, 1.54) is 25.7 Å². The summed E-state index contributed by atoms with van der Waals surface area (Å²) in [7, 11) is 0. The maximum absolute atomic E-state index is 13.2. The quantitative estimate of drug-likeness (QED) is 0.821. The molecule has 27 heavy (non-hydrogen) atoms. The average Bonchev–Trinajstić information content (AvgIpc) is 3.36. The minimum atomic E-state index is -0.308. The largest absolute Gasteiger partial charge is 0.454 e. The fourth-order valence-electron chi connectivity index (χ4n) is 5.16. The minimum absolute atomic E-state index is 0.0761. The third-order valence-electron chi connectivity index (χ3n) is 6.62. The summed E-state index contributed by atoms with van der Waals surface area (Å²) in [5.74, 6) is 2.51. The van der Waals surface area contributed by atoms with Crippen LogP contribution in [-0.2, 0) is 4.79 Å². The number of rotatable bonds is 3. The van der Waals surface area contributed by atoms with Crippen LogP contribution in [0, 0.1) is 11.8 Å². The number of amides is 2. The molecule has 3 heterocycles. The van der Waals surface area contributed by atoms with Gasteiger partial charge < -0.3 is 19.3 Å². The summed E-state index contributed by atoms with van der Waals surface area (Å²) in [6.07, 6.45) is 6.82. The smallest absolute Gasteiger partial charge is 0.254 e. The Labute approximate surface area is 159 Å². The molecule has 2 atom stereocenters. The molecule has 2 saturated heterocycles. The number of benzene rings is 1. The highest BCUT2D eigenvalue weighted by Gasteiger charge is 2.43. The molecule has 1 aromatic rings. The molecule has 0 radical (unpaired) electrons. The highest BCUT2D eigenvalue weighted by molar-refractivity contribution is 5.98. The van der Waals surface area contributed by atoms with Crippen LogP contribution in [-0.4, -0.2) is 54.1 Å². The van der Waals surface area contributed by atoms with Gasteiger partial charge in [0.05, 0.1) is 0 Å². The highest BCUT2D eigenvalue weighted by Crippen LogP contribution is 2.36. The molecular formula is C21H26N2O4. The molecule has 3 aliphatic heterocycles. The number of carbonyl (C=O) groups excluding carboxylic acids is 2. The first-order chi connectivity index (χ1) is 13.2. The second-order valence-corrected chi connectivity index (χ2v) is 8.37. The first-order valence-corrected chi connectivity index (χ1v) is 10.2. The van der Waals surface area contributed by atoms with E-state index in [4.69, 9.17) is 9.47 Å². The van der Waals surface area contributed by atoms with E-state index in [0.717, 1.165) is 25.9 Å². The number of hydrogen-bond acceptors (Lipinski definition) is 4. The lowest BCUT2D eigenvalue weighted by molar-refractivity contribution is -0.144. The second-order valence-electron chi connectivity index (χ2n) is 8.37. The van der Waals surface area contributed by atoms with Gasteiger partial charge in [0.15, 0.2) is 11.5 Å². The summed E-state index contributed by atoms with van der Waals surface area (Å²) in [5.41, 5.74) is 0.568. The first kappa shape index (κ1) is 16.9. The number of likely N-dealkylation sites (tertiary alicyclic amines) is 2. The molecule has 2 amide bonds. The standard InChI is InChI=1S/C21H26N2O4/c24-20(16-5-6-18-19(10-16)27-13-26-18)23-8-7-15-9-17(23)21(25)22(12-15)11-14-3-1-2-4-14/h5-6,10,14-15,17H,1-4,7-9,11-13H2/t15-,17+/m0/s1. The van der Waals surface area contributed by atoms with Gasteiger partial charge in [0.2, 0.25) is 12.7 Å². The Kier molecular flexibility index (Phi) is 4.21. The summed E-state index contributed by atoms with van der Waals surface area (Å²) in [4.78, 5) is 30.1. The molecule has 0 spiro atoms. The molecule has 6 nitrogen and oxygen atoms in total. The van der Waals surface area contributed by atoms with Crippen molar-refractivity contribution in [2.75, 3.05) is 26.4 Å². The van der Waals surface area contributed by atoms with E-state index >= 15 is 0 Å². The topological polar surface area (TPSA) is 59.1 Å². The summed E-state index contributed by atoms with van der Waals surface area (Å²) >= 11 is 0. The molecule has 6 heteroatoms. The lowest BCUT2D eigenvalue weighted by atomic mass is 9.85. The summed E-state index contributed by atoms with van der Waals surface area (Å²) < 4.78 is 10.7. The van der Waals surface area contributed by atoms with Crippen molar-refractivity contribution in [1.82, 2.24) is 9.80 Å². The second kappa shape index (κ2) is 6.73. The predicted octanol–water partition coefficient (Wildman–Crippen LogP) is 2.67. The van der Waals surface area contributed by atoms with Crippen LogP contribution < -0.4 is 9.47 Å². The SMILES string of the molecule is O=C1[C@H]2C[C@H](CCN2C(=O)c2ccc3c(c2)OCO3)CN1CC1CCCC1. The van der Waals surface area contributed by atoms with Gasteiger partial charge in [-0.15, -0.1) is 0 Å². The molecule has 1 aromatic carbocycles. The van der Waals surface area contributed by atoms with Crippen molar-refractivity contribution in [3.8, 4) is 11.5 Å². The van der Waals surface area contributed by atoms with Gasteiger partial charge in [-0.1, -0.05) is 12.8 Å². The zero-order valence-corrected chi connectivity index (χ0v) is 15.6. The van der Waals surface area contributed by atoms with E-state index in [1.807, 2.05) is 4.90 Å². The zero-order chi connectivity index (χ0) is 18.4. The number of ether oxygens (including phenoxy) is 2. The average molecular weight is 370 g/mol. The van der Waals surface area contributed by atoms with Crippen LogP contribution in [0.25, 0.3) is 0 Å². The molecule has 1 saturated carbocycles. The Bertz CT molecular complexity index is 759. The Morgan fingerprint density at radius 2 is 1.93 bits per heavy atom. The lowest BCUT2D eigenvalue weighted by Crippen LogP contribution is -2.60. The zero-order valence-electron chi connectivity index (χ0n) is 15.6. The van der Waals surface area contributed by atoms with Gasteiger partial charge in [0.1, 0.15) is 6.04 Å². The molecule has 0 unspecified atom stereocenters. The number of fused-ring (bicyclic) bond motifs is 3. The van der Waals surface area contributed by atoms with Crippen LogP contribution in [0.1, 0.15) is 48.9 Å². The van der Waals surface area contributed by atoms with Crippen LogP contribution in [0.15, 0.2) is 18.2 Å². The van der Waals surface area contributed by atoms with Crippen LogP contribution in [0.5, 0.6) is 11.5 Å². The van der Waals surface area contributed by atoms with Crippen molar-refractivity contribution in [3.05, 3.63) is 23.8 Å². The molecule has 0 aromatic heterocycles. The van der Waals surface area contributed by atoms with Crippen molar-refractivity contribution in [1.29, 1.82) is 0 Å². The molecular weight excluding hydrogens is 344 g/mol. The monoisotopic (exact) mass is 370 g/mol. The van der Waals surface area contributed by atoms with Gasteiger partial charge >= 0.3 is 0 Å². The summed E-state index contributed by atoms with van der Waals surface area (Å²) in [6, 6.07) is 4.97. The Morgan fingerprint density at radius 3 is 2.78 bits per heavy atom. The van der Waals surface area contributed by atoms with Crippen LogP contribution in [0.4, 0.5) is 0 Å². The first-order valence-electron chi connectivity index (χ1n) is 10.2. The molecule has 144 valence electrons. The van der Waals surface area contributed by atoms with E-state index in [0.29, 0.717) is 35.4 Å². The Morgan fingerprint density at radius 1 is 1.11 bits per heavy atom. The normalized spacial score (nSPS) is 27.3. The molecule has 1 aliphatic carbocycles. The highest BCUT2D eigenvalue weighted by atomic mass is 16.7. The third kappa shape index (κ3) is 3.05. The van der Waals surface area contributed by atoms with E-state index in [1.54, 1.807) is 23.1 Å². The van der Waals surface area contributed by atoms with E-state index in [2.05, 4.69) is 0 Å². The third-order valence-corrected chi connectivity index (χ3v) is 6.62. The van der Waals surface area contributed by atoms with Crippen LogP contribution in [0.2, 0.25) is 0 Å². The molecule has 4 aliphatic rings. The van der Waals surface area contributed by atoms with Crippen LogP contribution >= 0.6 is 0 Å². The maximum atomic E-state index is 13.2. The van der Waals surface area contributed by atoms with Crippen molar-refractivity contribution in [2.24, 2.45) is 11.8 Å². The van der Waals surface area contributed by atoms with Gasteiger partial charge in [-0.25, -0.2) is 0 Å². The summed E-state index contributed by atoms with van der Waals surface area (Å²) in [6.45, 7) is 2.59. The van der Waals surface area contributed by atoms with Crippen LogP contribution in [0.3, 0.4) is 0 Å². The van der Waals surface area contributed by atoms with Gasteiger partial charge in [0.25, 0.3) is 5.91 Å². The lowest BCUT2D eigenvalue weighted by Gasteiger charge is -2.47. The molecule has 5 rings (SSSR count). The number of piperidine rings is 2. The van der Waals surface area contributed by atoms with Gasteiger partial charge in [-0.3, -0.25) is 9.59 Å². The van der Waals surface area contributed by atoms with Crippen molar-refractivity contribution < 1.29 is 19.1 Å². The van der Waals surface area contributed by atoms with E-state index in [-0.39, 0.29) is 24.6 Å². The molecule has 2 bridgehead atoms. The Balaban J connectivity index is 1.34. The summed E-state index contributed by atoms with van der Waals surface area (Å²) in [5, 5.41) is 0. The fourth-order valence-corrected chi connectivity index (χ4v) is 5.16. The fraction of sp³-hybridized carbons (Fsp3) is 0.619. The van der Waals surface area contributed by atoms with E-state index in [9.17, 15) is 9.59 Å². The van der Waals surface area contributed by atoms with Gasteiger partial charge in [0, 0.05) is 25.2 Å². The van der Waals surface area contributed by atoms with Crippen molar-refractivity contribution in [3.63, 3.8) is 0 Å². The number of carbonyl (C=O) groups is 2. The van der Waals surface area contributed by atoms with Crippen molar-refractivity contribution >= 4 is 11.8 Å². The Hall–Kier alpha value is -2.24. The maximum Gasteiger partial charge on any atom is 0.254 e. The van der Waals surface area contributed by atoms with Crippen molar-refractivity contribution in [2.45, 2.75) is 44.6 Å². The predicted molar refractivity (Wildman–Crippen MR) is 98.7 cm³/mol. The van der Waals surface area contributed by atoms with Gasteiger partial charge in [-0.2, -0.15) is 0 Å². The molecule has 0 N–H and O–H groups in total. The number of nitrogens with zero attached hydrogens (tertiary/aromatic N) is 2. The van der Waals surface area contributed by atoms with E-state index < -0.39 is 0 Å². The minimum Gasteiger partial charge on any atom is -0.454 e.